The molecule has 0 fully saturated rings. The highest BCUT2D eigenvalue weighted by Crippen LogP contribution is 2.12. The zero-order valence-corrected chi connectivity index (χ0v) is 9.28. The minimum Gasteiger partial charge on any atom is -0.507 e. The third-order valence-electron chi connectivity index (χ3n) is 2.28. The van der Waals surface area contributed by atoms with E-state index in [-0.39, 0.29) is 5.75 Å². The molecular weight excluding hydrogens is 214 g/mol. The first-order chi connectivity index (χ1) is 8.36. The number of rotatable bonds is 4. The summed E-state index contributed by atoms with van der Waals surface area (Å²) in [6, 6.07) is 16.8. The van der Waals surface area contributed by atoms with Crippen molar-refractivity contribution in [3.05, 3.63) is 65.7 Å². The molecule has 0 amide bonds. The van der Waals surface area contributed by atoms with Crippen LogP contribution in [0.25, 0.3) is 0 Å². The second-order valence-corrected chi connectivity index (χ2v) is 3.55. The van der Waals surface area contributed by atoms with E-state index in [1.165, 1.54) is 6.21 Å². The number of benzene rings is 2. The SMILES string of the molecule is Oc1ccccc1/C=N/OCc1ccccc1. The maximum absolute atomic E-state index is 9.48. The summed E-state index contributed by atoms with van der Waals surface area (Å²) in [6.45, 7) is 0.422. The molecule has 17 heavy (non-hydrogen) atoms. The molecule has 0 saturated carbocycles. The molecule has 3 nitrogen and oxygen atoms in total. The number of hydrogen-bond donors (Lipinski definition) is 1. The molecule has 0 aliphatic carbocycles. The van der Waals surface area contributed by atoms with Crippen LogP contribution in [0, 0.1) is 0 Å². The maximum Gasteiger partial charge on any atom is 0.142 e. The Morgan fingerprint density at radius 2 is 1.71 bits per heavy atom. The maximum atomic E-state index is 9.48. The van der Waals surface area contributed by atoms with Crippen molar-refractivity contribution >= 4 is 6.21 Å². The standard InChI is InChI=1S/C14H13NO2/c16-14-9-5-4-8-13(14)10-15-17-11-12-6-2-1-3-7-12/h1-10,16H,11H2/b15-10+. The molecule has 86 valence electrons. The lowest BCUT2D eigenvalue weighted by atomic mass is 10.2. The van der Waals surface area contributed by atoms with Gasteiger partial charge in [0, 0.05) is 5.56 Å². The van der Waals surface area contributed by atoms with Crippen molar-refractivity contribution in [3.63, 3.8) is 0 Å². The quantitative estimate of drug-likeness (QED) is 0.644. The summed E-state index contributed by atoms with van der Waals surface area (Å²) < 4.78 is 0. The minimum atomic E-state index is 0.194. The normalized spacial score (nSPS) is 10.6. The van der Waals surface area contributed by atoms with Gasteiger partial charge in [0.2, 0.25) is 0 Å². The molecule has 2 rings (SSSR count). The average Bonchev–Trinajstić information content (AvgIpc) is 2.38. The molecule has 2 aromatic rings. The van der Waals surface area contributed by atoms with Gasteiger partial charge in [-0.1, -0.05) is 47.6 Å². The zero-order valence-electron chi connectivity index (χ0n) is 9.28. The van der Waals surface area contributed by atoms with Gasteiger partial charge in [0.15, 0.2) is 0 Å². The van der Waals surface area contributed by atoms with E-state index in [0.717, 1.165) is 5.56 Å². The van der Waals surface area contributed by atoms with E-state index in [1.807, 2.05) is 36.4 Å². The minimum absolute atomic E-state index is 0.194. The second kappa shape index (κ2) is 5.70. The van der Waals surface area contributed by atoms with Crippen molar-refractivity contribution in [2.75, 3.05) is 0 Å². The van der Waals surface area contributed by atoms with E-state index in [0.29, 0.717) is 12.2 Å². The van der Waals surface area contributed by atoms with Crippen molar-refractivity contribution in [2.24, 2.45) is 5.16 Å². The van der Waals surface area contributed by atoms with Gasteiger partial charge in [-0.25, -0.2) is 0 Å². The van der Waals surface area contributed by atoms with Crippen molar-refractivity contribution in [2.45, 2.75) is 6.61 Å². The van der Waals surface area contributed by atoms with Crippen LogP contribution < -0.4 is 0 Å². The number of oxime groups is 1. The number of phenols is 1. The van der Waals surface area contributed by atoms with Gasteiger partial charge in [-0.3, -0.25) is 0 Å². The Kier molecular flexibility index (Phi) is 3.76. The molecule has 2 aromatic carbocycles. The first-order valence-corrected chi connectivity index (χ1v) is 5.33. The van der Waals surface area contributed by atoms with Gasteiger partial charge in [0.05, 0.1) is 6.21 Å². The number of nitrogens with zero attached hydrogens (tertiary/aromatic N) is 1. The fourth-order valence-electron chi connectivity index (χ4n) is 1.38. The predicted molar refractivity (Wildman–Crippen MR) is 66.9 cm³/mol. The summed E-state index contributed by atoms with van der Waals surface area (Å²) in [5.41, 5.74) is 1.70. The monoisotopic (exact) mass is 227 g/mol. The average molecular weight is 227 g/mol. The molecule has 0 saturated heterocycles. The zero-order chi connectivity index (χ0) is 11.9. The lowest BCUT2D eigenvalue weighted by molar-refractivity contribution is 0.132. The van der Waals surface area contributed by atoms with Gasteiger partial charge in [-0.15, -0.1) is 0 Å². The smallest absolute Gasteiger partial charge is 0.142 e. The fraction of sp³-hybridized carbons (Fsp3) is 0.0714. The molecule has 1 N–H and O–H groups in total. The Morgan fingerprint density at radius 1 is 1.00 bits per heavy atom. The summed E-state index contributed by atoms with van der Waals surface area (Å²) in [5, 5.41) is 13.3. The summed E-state index contributed by atoms with van der Waals surface area (Å²) in [4.78, 5) is 5.14. The molecule has 0 aliphatic heterocycles. The van der Waals surface area contributed by atoms with Crippen molar-refractivity contribution in [1.82, 2.24) is 0 Å². The van der Waals surface area contributed by atoms with E-state index in [1.54, 1.807) is 18.2 Å². The van der Waals surface area contributed by atoms with Crippen molar-refractivity contribution < 1.29 is 9.94 Å². The van der Waals surface area contributed by atoms with Gasteiger partial charge in [0.1, 0.15) is 12.4 Å². The molecule has 0 atom stereocenters. The van der Waals surface area contributed by atoms with Gasteiger partial charge in [-0.2, -0.15) is 0 Å². The van der Waals surface area contributed by atoms with Crippen LogP contribution in [0.15, 0.2) is 59.8 Å². The predicted octanol–water partition coefficient (Wildman–Crippen LogP) is 2.94. The Labute approximate surface area is 100.0 Å². The summed E-state index contributed by atoms with van der Waals surface area (Å²) >= 11 is 0. The van der Waals surface area contributed by atoms with Gasteiger partial charge in [0.25, 0.3) is 0 Å². The van der Waals surface area contributed by atoms with Crippen LogP contribution in [0.3, 0.4) is 0 Å². The molecule has 0 radical (unpaired) electrons. The Balaban J connectivity index is 1.89. The Bertz CT molecular complexity index is 495. The molecule has 0 heterocycles. The highest BCUT2D eigenvalue weighted by Gasteiger charge is 1.94. The van der Waals surface area contributed by atoms with Crippen LogP contribution in [0.4, 0.5) is 0 Å². The molecule has 3 heteroatoms. The summed E-state index contributed by atoms with van der Waals surface area (Å²) in [5.74, 6) is 0.194. The van der Waals surface area contributed by atoms with Crippen LogP contribution in [-0.4, -0.2) is 11.3 Å². The van der Waals surface area contributed by atoms with Crippen LogP contribution in [0.2, 0.25) is 0 Å². The first kappa shape index (κ1) is 11.2. The van der Waals surface area contributed by atoms with E-state index >= 15 is 0 Å². The van der Waals surface area contributed by atoms with E-state index < -0.39 is 0 Å². The van der Waals surface area contributed by atoms with E-state index in [2.05, 4.69) is 5.16 Å². The van der Waals surface area contributed by atoms with E-state index in [4.69, 9.17) is 4.84 Å². The molecule has 0 aliphatic rings. The summed E-state index contributed by atoms with van der Waals surface area (Å²) in [7, 11) is 0. The second-order valence-electron chi connectivity index (χ2n) is 3.55. The third kappa shape index (κ3) is 3.34. The van der Waals surface area contributed by atoms with Gasteiger partial charge >= 0.3 is 0 Å². The molecular formula is C14H13NO2. The van der Waals surface area contributed by atoms with Crippen LogP contribution in [0.5, 0.6) is 5.75 Å². The fourth-order valence-corrected chi connectivity index (χ4v) is 1.38. The van der Waals surface area contributed by atoms with Crippen LogP contribution in [-0.2, 0) is 11.4 Å². The molecule has 0 unspecified atom stereocenters. The first-order valence-electron chi connectivity index (χ1n) is 5.33. The molecule has 0 bridgehead atoms. The topological polar surface area (TPSA) is 41.8 Å². The number of phenolic OH excluding ortho intramolecular Hbond substituents is 1. The van der Waals surface area contributed by atoms with Gasteiger partial charge in [-0.05, 0) is 17.7 Å². The molecule has 0 aromatic heterocycles. The van der Waals surface area contributed by atoms with Crippen molar-refractivity contribution in [3.8, 4) is 5.75 Å². The number of para-hydroxylation sites is 1. The number of hydrogen-bond acceptors (Lipinski definition) is 3. The summed E-state index contributed by atoms with van der Waals surface area (Å²) in [6.07, 6.45) is 1.50. The molecule has 0 spiro atoms. The Morgan fingerprint density at radius 3 is 2.47 bits per heavy atom. The van der Waals surface area contributed by atoms with Crippen molar-refractivity contribution in [1.29, 1.82) is 0 Å². The van der Waals surface area contributed by atoms with Crippen LogP contribution in [0.1, 0.15) is 11.1 Å². The highest BCUT2D eigenvalue weighted by molar-refractivity contribution is 5.82. The largest absolute Gasteiger partial charge is 0.507 e. The van der Waals surface area contributed by atoms with Gasteiger partial charge < -0.3 is 9.94 Å². The third-order valence-corrected chi connectivity index (χ3v) is 2.28. The lowest BCUT2D eigenvalue weighted by Crippen LogP contribution is -1.88. The highest BCUT2D eigenvalue weighted by atomic mass is 16.6. The van der Waals surface area contributed by atoms with E-state index in [9.17, 15) is 5.11 Å². The Hall–Kier alpha value is -2.29. The number of aromatic hydroxyl groups is 1. The lowest BCUT2D eigenvalue weighted by Gasteiger charge is -1.99. The van der Waals surface area contributed by atoms with Crippen LogP contribution >= 0.6 is 0 Å².